The van der Waals surface area contributed by atoms with Gasteiger partial charge in [0.25, 0.3) is 0 Å². The summed E-state index contributed by atoms with van der Waals surface area (Å²) in [7, 11) is 0. The van der Waals surface area contributed by atoms with Crippen molar-refractivity contribution in [3.63, 3.8) is 0 Å². The highest BCUT2D eigenvalue weighted by Crippen LogP contribution is 2.20. The first-order chi connectivity index (χ1) is 11.8. The zero-order valence-electron chi connectivity index (χ0n) is 14.6. The van der Waals surface area contributed by atoms with Crippen molar-refractivity contribution < 1.29 is 0 Å². The summed E-state index contributed by atoms with van der Waals surface area (Å²) in [6.45, 7) is 4.53. The zero-order chi connectivity index (χ0) is 16.8. The normalized spacial score (nSPS) is 12.1. The van der Waals surface area contributed by atoms with Crippen LogP contribution in [-0.4, -0.2) is 4.98 Å². The molecule has 24 heavy (non-hydrogen) atoms. The maximum atomic E-state index is 4.40. The van der Waals surface area contributed by atoms with E-state index in [1.807, 2.05) is 24.4 Å². The van der Waals surface area contributed by atoms with E-state index in [0.29, 0.717) is 5.92 Å². The highest BCUT2D eigenvalue weighted by molar-refractivity contribution is 5.59. The minimum absolute atomic E-state index is 0.651. The molecule has 2 aromatic carbocycles. The molecule has 0 N–H and O–H groups in total. The molecule has 0 saturated heterocycles. The Morgan fingerprint density at radius 2 is 1.42 bits per heavy atom. The third-order valence-corrected chi connectivity index (χ3v) is 4.78. The lowest BCUT2D eigenvalue weighted by molar-refractivity contribution is 0.733. The Kier molecular flexibility index (Phi) is 5.43. The summed E-state index contributed by atoms with van der Waals surface area (Å²) in [4.78, 5) is 4.40. The van der Waals surface area contributed by atoms with Crippen LogP contribution in [0.2, 0.25) is 0 Å². The summed E-state index contributed by atoms with van der Waals surface area (Å²) >= 11 is 0. The number of hydrogen-bond acceptors (Lipinski definition) is 1. The lowest BCUT2D eigenvalue weighted by Gasteiger charge is -2.10. The lowest BCUT2D eigenvalue weighted by atomic mass is 9.96. The molecular weight excluding hydrogens is 290 g/mol. The van der Waals surface area contributed by atoms with Gasteiger partial charge in [-0.15, -0.1) is 0 Å². The van der Waals surface area contributed by atoms with Crippen molar-refractivity contribution in [2.45, 2.75) is 39.0 Å². The van der Waals surface area contributed by atoms with Crippen molar-refractivity contribution in [3.05, 3.63) is 89.6 Å². The molecule has 0 aliphatic carbocycles. The molecule has 122 valence electrons. The Labute approximate surface area is 145 Å². The van der Waals surface area contributed by atoms with E-state index in [0.717, 1.165) is 18.5 Å². The van der Waals surface area contributed by atoms with Gasteiger partial charge >= 0.3 is 0 Å². The van der Waals surface area contributed by atoms with Gasteiger partial charge in [-0.1, -0.05) is 68.4 Å². The first kappa shape index (κ1) is 16.4. The Hall–Kier alpha value is -2.41. The Balaban J connectivity index is 1.61. The van der Waals surface area contributed by atoms with Gasteiger partial charge in [0.15, 0.2) is 0 Å². The van der Waals surface area contributed by atoms with Crippen LogP contribution in [0, 0.1) is 0 Å². The van der Waals surface area contributed by atoms with Crippen LogP contribution in [0.5, 0.6) is 0 Å². The van der Waals surface area contributed by atoms with Crippen LogP contribution in [0.3, 0.4) is 0 Å². The molecule has 3 aromatic rings. The average molecular weight is 315 g/mol. The minimum Gasteiger partial charge on any atom is -0.256 e. The van der Waals surface area contributed by atoms with Crippen molar-refractivity contribution in [1.29, 1.82) is 0 Å². The molecule has 0 radical (unpaired) electrons. The van der Waals surface area contributed by atoms with E-state index < -0.39 is 0 Å². The van der Waals surface area contributed by atoms with Crippen LogP contribution in [0.15, 0.2) is 72.9 Å². The van der Waals surface area contributed by atoms with Gasteiger partial charge in [0, 0.05) is 11.8 Å². The van der Waals surface area contributed by atoms with E-state index in [2.05, 4.69) is 67.4 Å². The fourth-order valence-electron chi connectivity index (χ4n) is 2.91. The van der Waals surface area contributed by atoms with Gasteiger partial charge in [-0.05, 0) is 54.0 Å². The molecule has 1 heterocycles. The van der Waals surface area contributed by atoms with Crippen LogP contribution in [0.25, 0.3) is 11.3 Å². The molecule has 0 bridgehead atoms. The molecule has 0 aliphatic rings. The van der Waals surface area contributed by atoms with Gasteiger partial charge in [0.1, 0.15) is 0 Å². The molecular formula is C23H25N. The van der Waals surface area contributed by atoms with Gasteiger partial charge in [0.2, 0.25) is 0 Å². The van der Waals surface area contributed by atoms with E-state index in [4.69, 9.17) is 0 Å². The first-order valence-electron chi connectivity index (χ1n) is 8.85. The van der Waals surface area contributed by atoms with Gasteiger partial charge in [-0.25, -0.2) is 0 Å². The SMILES string of the molecule is CCC(C)c1ccc(CCc2ccc(-c3ccccn3)cc2)cc1. The molecule has 1 nitrogen and oxygen atoms in total. The van der Waals surface area contributed by atoms with Crippen LogP contribution in [0.4, 0.5) is 0 Å². The summed E-state index contributed by atoms with van der Waals surface area (Å²) in [6.07, 6.45) is 5.20. The number of hydrogen-bond donors (Lipinski definition) is 0. The van der Waals surface area contributed by atoms with Crippen molar-refractivity contribution in [2.24, 2.45) is 0 Å². The molecule has 1 unspecified atom stereocenters. The minimum atomic E-state index is 0.651. The highest BCUT2D eigenvalue weighted by atomic mass is 14.7. The summed E-state index contributed by atoms with van der Waals surface area (Å²) in [6, 6.07) is 23.9. The summed E-state index contributed by atoms with van der Waals surface area (Å²) in [5, 5.41) is 0. The van der Waals surface area contributed by atoms with Crippen molar-refractivity contribution in [2.75, 3.05) is 0 Å². The van der Waals surface area contributed by atoms with Gasteiger partial charge in [0.05, 0.1) is 5.69 Å². The van der Waals surface area contributed by atoms with Crippen LogP contribution in [0.1, 0.15) is 42.9 Å². The fraction of sp³-hybridized carbons (Fsp3) is 0.261. The largest absolute Gasteiger partial charge is 0.256 e. The molecule has 3 rings (SSSR count). The second-order valence-corrected chi connectivity index (χ2v) is 6.46. The number of aryl methyl sites for hydroxylation is 2. The smallest absolute Gasteiger partial charge is 0.0701 e. The quantitative estimate of drug-likeness (QED) is 0.540. The Morgan fingerprint density at radius 3 is 1.96 bits per heavy atom. The van der Waals surface area contributed by atoms with Crippen molar-refractivity contribution in [3.8, 4) is 11.3 Å². The average Bonchev–Trinajstić information content (AvgIpc) is 2.67. The van der Waals surface area contributed by atoms with E-state index in [9.17, 15) is 0 Å². The van der Waals surface area contributed by atoms with Crippen LogP contribution < -0.4 is 0 Å². The number of pyridine rings is 1. The predicted octanol–water partition coefficient (Wildman–Crippen LogP) is 6.05. The van der Waals surface area contributed by atoms with Gasteiger partial charge in [-0.3, -0.25) is 4.98 Å². The second kappa shape index (κ2) is 7.92. The summed E-state index contributed by atoms with van der Waals surface area (Å²) in [5.41, 5.74) is 6.44. The molecule has 1 aromatic heterocycles. The first-order valence-corrected chi connectivity index (χ1v) is 8.85. The zero-order valence-corrected chi connectivity index (χ0v) is 14.6. The van der Waals surface area contributed by atoms with Gasteiger partial charge in [-0.2, -0.15) is 0 Å². The van der Waals surface area contributed by atoms with E-state index >= 15 is 0 Å². The standard InChI is InChI=1S/C23H25N/c1-3-18(2)21-13-9-19(10-14-21)7-8-20-11-15-22(16-12-20)23-6-4-5-17-24-23/h4-6,9-18H,3,7-8H2,1-2H3. The van der Waals surface area contributed by atoms with Gasteiger partial charge < -0.3 is 0 Å². The molecule has 0 spiro atoms. The molecule has 1 atom stereocenters. The molecule has 0 amide bonds. The third-order valence-electron chi connectivity index (χ3n) is 4.78. The van der Waals surface area contributed by atoms with Crippen LogP contribution >= 0.6 is 0 Å². The maximum absolute atomic E-state index is 4.40. The predicted molar refractivity (Wildman–Crippen MR) is 102 cm³/mol. The van der Waals surface area contributed by atoms with Crippen molar-refractivity contribution in [1.82, 2.24) is 4.98 Å². The number of benzene rings is 2. The number of aromatic nitrogens is 1. The maximum Gasteiger partial charge on any atom is 0.0701 e. The third kappa shape index (κ3) is 4.11. The number of nitrogens with zero attached hydrogens (tertiary/aromatic N) is 1. The second-order valence-electron chi connectivity index (χ2n) is 6.46. The highest BCUT2D eigenvalue weighted by Gasteiger charge is 2.03. The van der Waals surface area contributed by atoms with Crippen LogP contribution in [-0.2, 0) is 12.8 Å². The topological polar surface area (TPSA) is 12.9 Å². The van der Waals surface area contributed by atoms with E-state index in [1.165, 1.54) is 28.7 Å². The summed E-state index contributed by atoms with van der Waals surface area (Å²) in [5.74, 6) is 0.651. The molecule has 0 fully saturated rings. The van der Waals surface area contributed by atoms with E-state index in [1.54, 1.807) is 0 Å². The Morgan fingerprint density at radius 1 is 0.792 bits per heavy atom. The van der Waals surface area contributed by atoms with E-state index in [-0.39, 0.29) is 0 Å². The Bertz CT molecular complexity index is 742. The molecule has 1 heteroatoms. The molecule has 0 aliphatic heterocycles. The monoisotopic (exact) mass is 315 g/mol. The lowest BCUT2D eigenvalue weighted by Crippen LogP contribution is -1.94. The van der Waals surface area contributed by atoms with Crippen molar-refractivity contribution >= 4 is 0 Å². The molecule has 0 saturated carbocycles. The number of rotatable bonds is 6. The fourth-order valence-corrected chi connectivity index (χ4v) is 2.91. The summed E-state index contributed by atoms with van der Waals surface area (Å²) < 4.78 is 0.